The minimum Gasteiger partial charge on any atom is -0.399 e. The molecule has 3 rings (SSSR count). The molecule has 0 aliphatic heterocycles. The highest BCUT2D eigenvalue weighted by Gasteiger charge is 2.31. The van der Waals surface area contributed by atoms with Crippen molar-refractivity contribution in [1.29, 1.82) is 0 Å². The molecule has 0 aromatic heterocycles. The lowest BCUT2D eigenvalue weighted by atomic mass is 10.1. The fraction of sp³-hybridized carbons (Fsp3) is 0.387. The van der Waals surface area contributed by atoms with Crippen LogP contribution in [0, 0.1) is 5.92 Å². The maximum Gasteiger partial charge on any atom is 0.318 e. The summed E-state index contributed by atoms with van der Waals surface area (Å²) in [4.78, 5) is 15.1. The summed E-state index contributed by atoms with van der Waals surface area (Å²) in [5.74, 6) is 0.0807. The standard InChI is InChI=1S/C31H42N4O4S/c1-25(2)21-35(40(38,39)30-18-16-28(32)17-19-30)29(24-36)15-9-10-20-33-31(37)34(22-26-11-5-3-6-12-26)23-27-13-7-4-8-14-27/h3-8,11-14,16-19,25,29,36H,9-10,15,20-24,32H2,1-2H3,(H,33,37)/t29-/m0/s1. The molecule has 2 amide bonds. The minimum atomic E-state index is -3.81. The number of benzene rings is 3. The normalized spacial score (nSPS) is 12.4. The summed E-state index contributed by atoms with van der Waals surface area (Å²) < 4.78 is 28.3. The third-order valence-corrected chi connectivity index (χ3v) is 8.54. The zero-order valence-corrected chi connectivity index (χ0v) is 24.3. The van der Waals surface area contributed by atoms with Gasteiger partial charge in [-0.15, -0.1) is 0 Å². The van der Waals surface area contributed by atoms with Gasteiger partial charge in [0.15, 0.2) is 0 Å². The van der Waals surface area contributed by atoms with E-state index in [2.05, 4.69) is 5.32 Å². The molecule has 0 aliphatic rings. The van der Waals surface area contributed by atoms with E-state index in [1.807, 2.05) is 74.5 Å². The Bertz CT molecular complexity index is 1230. The highest BCUT2D eigenvalue weighted by molar-refractivity contribution is 7.89. The first-order valence-corrected chi connectivity index (χ1v) is 15.2. The number of amides is 2. The summed E-state index contributed by atoms with van der Waals surface area (Å²) in [7, 11) is -3.81. The van der Waals surface area contributed by atoms with Crippen LogP contribution in [0.2, 0.25) is 0 Å². The summed E-state index contributed by atoms with van der Waals surface area (Å²) >= 11 is 0. The number of nitrogen functional groups attached to an aromatic ring is 1. The Kier molecular flexibility index (Phi) is 12.0. The number of nitrogens with two attached hydrogens (primary N) is 1. The van der Waals surface area contributed by atoms with E-state index in [0.717, 1.165) is 11.1 Å². The Morgan fingerprint density at radius 1 is 0.875 bits per heavy atom. The van der Waals surface area contributed by atoms with Crippen LogP contribution in [0.15, 0.2) is 89.8 Å². The number of carbonyl (C=O) groups is 1. The van der Waals surface area contributed by atoms with Gasteiger partial charge in [-0.25, -0.2) is 13.2 Å². The van der Waals surface area contributed by atoms with Gasteiger partial charge in [-0.1, -0.05) is 80.9 Å². The lowest BCUT2D eigenvalue weighted by molar-refractivity contribution is 0.167. The third kappa shape index (κ3) is 9.36. The van der Waals surface area contributed by atoms with Crippen LogP contribution in [-0.4, -0.2) is 54.5 Å². The van der Waals surface area contributed by atoms with Crippen molar-refractivity contribution in [1.82, 2.24) is 14.5 Å². The fourth-order valence-electron chi connectivity index (χ4n) is 4.52. The van der Waals surface area contributed by atoms with Crippen molar-refractivity contribution in [3.8, 4) is 0 Å². The molecular formula is C31H42N4O4S. The summed E-state index contributed by atoms with van der Waals surface area (Å²) in [5.41, 5.74) is 8.33. The van der Waals surface area contributed by atoms with E-state index in [-0.39, 0.29) is 23.5 Å². The molecule has 3 aromatic rings. The molecule has 216 valence electrons. The van der Waals surface area contributed by atoms with Crippen molar-refractivity contribution >= 4 is 21.7 Å². The van der Waals surface area contributed by atoms with Crippen molar-refractivity contribution in [2.45, 2.75) is 57.1 Å². The Morgan fingerprint density at radius 3 is 1.93 bits per heavy atom. The van der Waals surface area contributed by atoms with Crippen LogP contribution in [0.3, 0.4) is 0 Å². The molecule has 0 spiro atoms. The summed E-state index contributed by atoms with van der Waals surface area (Å²) in [6.07, 6.45) is 1.78. The number of nitrogens with zero attached hydrogens (tertiary/aromatic N) is 2. The molecule has 0 heterocycles. The van der Waals surface area contributed by atoms with Crippen molar-refractivity contribution in [2.75, 3.05) is 25.4 Å². The predicted octanol–water partition coefficient (Wildman–Crippen LogP) is 4.86. The second kappa shape index (κ2) is 15.4. The van der Waals surface area contributed by atoms with Crippen LogP contribution in [0.1, 0.15) is 44.2 Å². The van der Waals surface area contributed by atoms with Crippen LogP contribution in [-0.2, 0) is 23.1 Å². The molecule has 40 heavy (non-hydrogen) atoms. The van der Waals surface area contributed by atoms with E-state index in [1.54, 1.807) is 17.0 Å². The van der Waals surface area contributed by atoms with Gasteiger partial charge < -0.3 is 21.1 Å². The molecule has 0 unspecified atom stereocenters. The van der Waals surface area contributed by atoms with E-state index in [0.29, 0.717) is 51.1 Å². The molecule has 0 fully saturated rings. The topological polar surface area (TPSA) is 116 Å². The maximum atomic E-state index is 13.4. The number of hydrogen-bond acceptors (Lipinski definition) is 5. The molecule has 0 radical (unpaired) electrons. The first-order chi connectivity index (χ1) is 19.2. The summed E-state index contributed by atoms with van der Waals surface area (Å²) in [5, 5.41) is 13.2. The highest BCUT2D eigenvalue weighted by atomic mass is 32.2. The van der Waals surface area contributed by atoms with Crippen molar-refractivity contribution in [2.24, 2.45) is 5.92 Å². The molecule has 0 bridgehead atoms. The fourth-order valence-corrected chi connectivity index (χ4v) is 6.33. The molecule has 1 atom stereocenters. The van der Waals surface area contributed by atoms with E-state index in [9.17, 15) is 18.3 Å². The number of aliphatic hydroxyl groups excluding tert-OH is 1. The molecule has 9 heteroatoms. The van der Waals surface area contributed by atoms with Gasteiger partial charge in [0.1, 0.15) is 0 Å². The van der Waals surface area contributed by atoms with Crippen LogP contribution in [0.5, 0.6) is 0 Å². The van der Waals surface area contributed by atoms with Gasteiger partial charge in [0, 0.05) is 37.9 Å². The lowest BCUT2D eigenvalue weighted by Gasteiger charge is -2.31. The molecule has 4 N–H and O–H groups in total. The first-order valence-electron chi connectivity index (χ1n) is 13.8. The Morgan fingerprint density at radius 2 is 1.43 bits per heavy atom. The van der Waals surface area contributed by atoms with E-state index in [1.165, 1.54) is 16.4 Å². The molecule has 3 aromatic carbocycles. The third-order valence-electron chi connectivity index (χ3n) is 6.61. The number of carbonyl (C=O) groups excluding carboxylic acids is 1. The van der Waals surface area contributed by atoms with Crippen LogP contribution < -0.4 is 11.1 Å². The average molecular weight is 567 g/mol. The zero-order chi connectivity index (χ0) is 29.0. The van der Waals surface area contributed by atoms with Crippen molar-refractivity contribution in [3.05, 3.63) is 96.1 Å². The van der Waals surface area contributed by atoms with E-state index < -0.39 is 16.1 Å². The second-order valence-corrected chi connectivity index (χ2v) is 12.3. The Balaban J connectivity index is 1.58. The summed E-state index contributed by atoms with van der Waals surface area (Å²) in [6, 6.07) is 25.2. The number of anilines is 1. The minimum absolute atomic E-state index is 0.0807. The average Bonchev–Trinajstić information content (AvgIpc) is 2.94. The molecular weight excluding hydrogens is 524 g/mol. The van der Waals surface area contributed by atoms with Crippen LogP contribution in [0.25, 0.3) is 0 Å². The van der Waals surface area contributed by atoms with Gasteiger partial charge in [0.25, 0.3) is 0 Å². The van der Waals surface area contributed by atoms with Gasteiger partial charge in [-0.2, -0.15) is 4.31 Å². The van der Waals surface area contributed by atoms with Gasteiger partial charge >= 0.3 is 6.03 Å². The summed E-state index contributed by atoms with van der Waals surface area (Å²) in [6.45, 7) is 5.34. The number of aliphatic hydroxyl groups is 1. The van der Waals surface area contributed by atoms with Gasteiger partial charge in [-0.05, 0) is 54.2 Å². The molecule has 8 nitrogen and oxygen atoms in total. The van der Waals surface area contributed by atoms with Gasteiger partial charge in [0.05, 0.1) is 11.5 Å². The SMILES string of the molecule is CC(C)CN([C@H](CO)CCCCNC(=O)N(Cc1ccccc1)Cc1ccccc1)S(=O)(=O)c1ccc(N)cc1. The smallest absolute Gasteiger partial charge is 0.318 e. The number of rotatable bonds is 15. The first kappa shape index (κ1) is 31.1. The van der Waals surface area contributed by atoms with Gasteiger partial charge in [-0.3, -0.25) is 0 Å². The number of unbranched alkanes of at least 4 members (excludes halogenated alkanes) is 1. The quantitative estimate of drug-likeness (QED) is 0.180. The number of sulfonamides is 1. The van der Waals surface area contributed by atoms with Gasteiger partial charge in [0.2, 0.25) is 10.0 Å². The largest absolute Gasteiger partial charge is 0.399 e. The number of nitrogens with one attached hydrogen (secondary N) is 1. The van der Waals surface area contributed by atoms with Crippen LogP contribution >= 0.6 is 0 Å². The van der Waals surface area contributed by atoms with E-state index in [4.69, 9.17) is 5.73 Å². The van der Waals surface area contributed by atoms with Crippen LogP contribution in [0.4, 0.5) is 10.5 Å². The highest BCUT2D eigenvalue weighted by Crippen LogP contribution is 2.23. The molecule has 0 saturated carbocycles. The molecule has 0 saturated heterocycles. The van der Waals surface area contributed by atoms with Crippen molar-refractivity contribution in [3.63, 3.8) is 0 Å². The lowest BCUT2D eigenvalue weighted by Crippen LogP contribution is -2.44. The Labute approximate surface area is 238 Å². The molecule has 0 aliphatic carbocycles. The van der Waals surface area contributed by atoms with Crippen molar-refractivity contribution < 1.29 is 18.3 Å². The second-order valence-electron chi connectivity index (χ2n) is 10.4. The zero-order valence-electron chi connectivity index (χ0n) is 23.4. The Hall–Kier alpha value is -3.40. The maximum absolute atomic E-state index is 13.4. The van der Waals surface area contributed by atoms with E-state index >= 15 is 0 Å². The number of hydrogen-bond donors (Lipinski definition) is 3. The predicted molar refractivity (Wildman–Crippen MR) is 160 cm³/mol. The monoisotopic (exact) mass is 566 g/mol. The number of urea groups is 1.